The molecule has 1 aromatic carbocycles. The predicted molar refractivity (Wildman–Crippen MR) is 81.1 cm³/mol. The second-order valence-electron chi connectivity index (χ2n) is 6.28. The first kappa shape index (κ1) is 15.6. The Morgan fingerprint density at radius 3 is 2.45 bits per heavy atom. The van der Waals surface area contributed by atoms with E-state index in [1.54, 1.807) is 6.07 Å². The number of piperazine rings is 1. The van der Waals surface area contributed by atoms with Crippen molar-refractivity contribution in [3.8, 4) is 0 Å². The highest BCUT2D eigenvalue weighted by Crippen LogP contribution is 2.32. The average Bonchev–Trinajstić information content (AvgIpc) is 2.97. The summed E-state index contributed by atoms with van der Waals surface area (Å²) in [6.45, 7) is 5.90. The van der Waals surface area contributed by atoms with E-state index >= 15 is 0 Å². The van der Waals surface area contributed by atoms with Gasteiger partial charge in [0.15, 0.2) is 0 Å². The standard InChI is InChI=1S/C16H22F3N3/c1-20-7-9-21(10-8-20)15-5-6-22(12-15)14-4-2-3-13(11-14)16(17,18)19/h2-4,11,15H,5-10,12H2,1H3. The summed E-state index contributed by atoms with van der Waals surface area (Å²) in [6.07, 6.45) is -3.24. The molecule has 122 valence electrons. The van der Waals surface area contributed by atoms with Crippen LogP contribution >= 0.6 is 0 Å². The van der Waals surface area contributed by atoms with E-state index in [9.17, 15) is 13.2 Å². The number of halogens is 3. The Labute approximate surface area is 129 Å². The summed E-state index contributed by atoms with van der Waals surface area (Å²) >= 11 is 0. The van der Waals surface area contributed by atoms with E-state index in [0.29, 0.717) is 11.7 Å². The number of alkyl halides is 3. The molecule has 3 rings (SSSR count). The molecule has 0 radical (unpaired) electrons. The lowest BCUT2D eigenvalue weighted by Crippen LogP contribution is -2.49. The Kier molecular flexibility index (Phi) is 4.32. The lowest BCUT2D eigenvalue weighted by Gasteiger charge is -2.36. The third-order valence-electron chi connectivity index (χ3n) is 4.76. The number of likely N-dealkylation sites (N-methyl/N-ethyl adjacent to an activating group) is 1. The van der Waals surface area contributed by atoms with Gasteiger partial charge in [-0.1, -0.05) is 6.07 Å². The van der Waals surface area contributed by atoms with E-state index in [-0.39, 0.29) is 0 Å². The Bertz CT molecular complexity index is 510. The SMILES string of the molecule is CN1CCN(C2CCN(c3cccc(C(F)(F)F)c3)C2)CC1. The Morgan fingerprint density at radius 1 is 1.05 bits per heavy atom. The number of anilines is 1. The molecule has 2 heterocycles. The first-order valence-electron chi connectivity index (χ1n) is 7.78. The largest absolute Gasteiger partial charge is 0.416 e. The van der Waals surface area contributed by atoms with Crippen molar-refractivity contribution in [2.24, 2.45) is 0 Å². The maximum atomic E-state index is 12.8. The molecule has 0 spiro atoms. The van der Waals surface area contributed by atoms with Gasteiger partial charge in [-0.2, -0.15) is 13.2 Å². The third-order valence-corrected chi connectivity index (χ3v) is 4.76. The van der Waals surface area contributed by atoms with Crippen LogP contribution < -0.4 is 4.90 Å². The van der Waals surface area contributed by atoms with Crippen LogP contribution in [0.15, 0.2) is 24.3 Å². The van der Waals surface area contributed by atoms with Crippen molar-refractivity contribution in [1.29, 1.82) is 0 Å². The quantitative estimate of drug-likeness (QED) is 0.831. The number of benzene rings is 1. The summed E-state index contributed by atoms with van der Waals surface area (Å²) in [6, 6.07) is 6.15. The van der Waals surface area contributed by atoms with Crippen molar-refractivity contribution in [1.82, 2.24) is 9.80 Å². The summed E-state index contributed by atoms with van der Waals surface area (Å²) in [5.74, 6) is 0. The number of rotatable bonds is 2. The molecule has 2 fully saturated rings. The Morgan fingerprint density at radius 2 is 1.77 bits per heavy atom. The van der Waals surface area contributed by atoms with Gasteiger partial charge in [0.2, 0.25) is 0 Å². The van der Waals surface area contributed by atoms with Crippen molar-refractivity contribution in [3.63, 3.8) is 0 Å². The zero-order chi connectivity index (χ0) is 15.7. The first-order valence-corrected chi connectivity index (χ1v) is 7.78. The summed E-state index contributed by atoms with van der Waals surface area (Å²) < 4.78 is 38.5. The molecule has 2 aliphatic heterocycles. The molecule has 0 saturated carbocycles. The minimum Gasteiger partial charge on any atom is -0.370 e. The van der Waals surface area contributed by atoms with Crippen LogP contribution in [0.4, 0.5) is 18.9 Å². The fourth-order valence-electron chi connectivity index (χ4n) is 3.34. The molecule has 1 unspecified atom stereocenters. The van der Waals surface area contributed by atoms with Crippen LogP contribution in [0.1, 0.15) is 12.0 Å². The average molecular weight is 313 g/mol. The minimum absolute atomic E-state index is 0.461. The van der Waals surface area contributed by atoms with Crippen LogP contribution in [-0.4, -0.2) is 62.2 Å². The molecule has 2 aliphatic rings. The van der Waals surface area contributed by atoms with Crippen LogP contribution in [0.3, 0.4) is 0 Å². The zero-order valence-corrected chi connectivity index (χ0v) is 12.8. The summed E-state index contributed by atoms with van der Waals surface area (Å²) in [5, 5.41) is 0. The number of hydrogen-bond acceptors (Lipinski definition) is 3. The third kappa shape index (κ3) is 3.38. The molecule has 6 heteroatoms. The summed E-state index contributed by atoms with van der Waals surface area (Å²) in [4.78, 5) is 6.88. The Hall–Kier alpha value is -1.27. The van der Waals surface area contributed by atoms with Crippen LogP contribution in [0.2, 0.25) is 0 Å². The number of hydrogen-bond donors (Lipinski definition) is 0. The minimum atomic E-state index is -4.27. The van der Waals surface area contributed by atoms with Gasteiger partial charge in [-0.25, -0.2) is 0 Å². The molecular weight excluding hydrogens is 291 g/mol. The fourth-order valence-corrected chi connectivity index (χ4v) is 3.34. The second kappa shape index (κ2) is 6.08. The van der Waals surface area contributed by atoms with E-state index in [0.717, 1.165) is 51.8 Å². The molecular formula is C16H22F3N3. The molecule has 0 aromatic heterocycles. The maximum Gasteiger partial charge on any atom is 0.416 e. The molecule has 1 aromatic rings. The number of nitrogens with zero attached hydrogens (tertiary/aromatic N) is 3. The van der Waals surface area contributed by atoms with E-state index < -0.39 is 11.7 Å². The van der Waals surface area contributed by atoms with E-state index in [4.69, 9.17) is 0 Å². The first-order chi connectivity index (χ1) is 10.4. The molecule has 2 saturated heterocycles. The van der Waals surface area contributed by atoms with Crippen LogP contribution in [0.5, 0.6) is 0 Å². The highest BCUT2D eigenvalue weighted by Gasteiger charge is 2.33. The molecule has 0 aliphatic carbocycles. The fraction of sp³-hybridized carbons (Fsp3) is 0.625. The van der Waals surface area contributed by atoms with Gasteiger partial charge < -0.3 is 9.80 Å². The van der Waals surface area contributed by atoms with Crippen molar-refractivity contribution < 1.29 is 13.2 Å². The van der Waals surface area contributed by atoms with Gasteiger partial charge in [0, 0.05) is 51.0 Å². The second-order valence-corrected chi connectivity index (χ2v) is 6.28. The normalized spacial score (nSPS) is 24.9. The van der Waals surface area contributed by atoms with Gasteiger partial charge in [0.25, 0.3) is 0 Å². The smallest absolute Gasteiger partial charge is 0.370 e. The molecule has 1 atom stereocenters. The maximum absolute atomic E-state index is 12.8. The van der Waals surface area contributed by atoms with Crippen molar-refractivity contribution >= 4 is 5.69 Å². The molecule has 3 nitrogen and oxygen atoms in total. The van der Waals surface area contributed by atoms with E-state index in [2.05, 4.69) is 21.7 Å². The molecule has 22 heavy (non-hydrogen) atoms. The van der Waals surface area contributed by atoms with Gasteiger partial charge in [-0.15, -0.1) is 0 Å². The van der Waals surface area contributed by atoms with E-state index in [1.165, 1.54) is 12.1 Å². The van der Waals surface area contributed by atoms with Crippen LogP contribution in [-0.2, 0) is 6.18 Å². The molecule has 0 N–H and O–H groups in total. The van der Waals surface area contributed by atoms with Gasteiger partial charge in [-0.05, 0) is 31.7 Å². The summed E-state index contributed by atoms with van der Waals surface area (Å²) in [7, 11) is 2.13. The predicted octanol–water partition coefficient (Wildman–Crippen LogP) is 2.53. The zero-order valence-electron chi connectivity index (χ0n) is 12.8. The highest BCUT2D eigenvalue weighted by molar-refractivity contribution is 5.50. The lowest BCUT2D eigenvalue weighted by atomic mass is 10.2. The molecule has 0 bridgehead atoms. The topological polar surface area (TPSA) is 9.72 Å². The van der Waals surface area contributed by atoms with Crippen LogP contribution in [0.25, 0.3) is 0 Å². The molecule has 0 amide bonds. The van der Waals surface area contributed by atoms with Gasteiger partial charge >= 0.3 is 6.18 Å². The van der Waals surface area contributed by atoms with Crippen molar-refractivity contribution in [2.75, 3.05) is 51.2 Å². The van der Waals surface area contributed by atoms with E-state index in [1.807, 2.05) is 0 Å². The Balaban J connectivity index is 1.65. The van der Waals surface area contributed by atoms with Gasteiger partial charge in [0.05, 0.1) is 5.56 Å². The van der Waals surface area contributed by atoms with Gasteiger partial charge in [0.1, 0.15) is 0 Å². The van der Waals surface area contributed by atoms with Crippen LogP contribution in [0, 0.1) is 0 Å². The summed E-state index contributed by atoms with van der Waals surface area (Å²) in [5.41, 5.74) is 0.125. The van der Waals surface area contributed by atoms with Crippen molar-refractivity contribution in [3.05, 3.63) is 29.8 Å². The van der Waals surface area contributed by atoms with Gasteiger partial charge in [-0.3, -0.25) is 4.90 Å². The lowest BCUT2D eigenvalue weighted by molar-refractivity contribution is -0.137. The highest BCUT2D eigenvalue weighted by atomic mass is 19.4. The monoisotopic (exact) mass is 313 g/mol. The van der Waals surface area contributed by atoms with Crippen molar-refractivity contribution in [2.45, 2.75) is 18.6 Å².